The highest BCUT2D eigenvalue weighted by Crippen LogP contribution is 2.39. The molecule has 0 saturated carbocycles. The lowest BCUT2D eigenvalue weighted by molar-refractivity contribution is -0.162. The van der Waals surface area contributed by atoms with Gasteiger partial charge < -0.3 is 19.5 Å². The number of nitrogens with one attached hydrogen (secondary N) is 1. The lowest BCUT2D eigenvalue weighted by Gasteiger charge is -2.29. The summed E-state index contributed by atoms with van der Waals surface area (Å²) in [7, 11) is 3.13. The molecule has 2 aromatic carbocycles. The van der Waals surface area contributed by atoms with Gasteiger partial charge in [0.15, 0.2) is 0 Å². The van der Waals surface area contributed by atoms with Crippen LogP contribution in [0.25, 0.3) is 0 Å². The van der Waals surface area contributed by atoms with Crippen LogP contribution in [0.15, 0.2) is 53.4 Å². The Balaban J connectivity index is 2.23. The van der Waals surface area contributed by atoms with E-state index in [-0.39, 0.29) is 0 Å². The average Bonchev–Trinajstić information content (AvgIpc) is 2.78. The van der Waals surface area contributed by atoms with Crippen LogP contribution >= 0.6 is 21.6 Å². The molecule has 0 aromatic heterocycles. The highest BCUT2D eigenvalue weighted by atomic mass is 33.1. The number of benzene rings is 2. The summed E-state index contributed by atoms with van der Waals surface area (Å²) in [4.78, 5) is 39.4. The van der Waals surface area contributed by atoms with Crippen molar-refractivity contribution in [2.24, 2.45) is 0 Å². The zero-order valence-electron chi connectivity index (χ0n) is 21.9. The fourth-order valence-electron chi connectivity index (χ4n) is 3.13. The molecule has 196 valence electrons. The van der Waals surface area contributed by atoms with E-state index in [0.29, 0.717) is 5.75 Å². The highest BCUT2D eigenvalue weighted by molar-refractivity contribution is 8.76. The second kappa shape index (κ2) is 13.1. The summed E-state index contributed by atoms with van der Waals surface area (Å²) in [5.74, 6) is -0.130. The first-order chi connectivity index (χ1) is 16.8. The molecule has 0 saturated heterocycles. The number of esters is 2. The molecule has 0 fully saturated rings. The number of para-hydroxylation sites is 1. The predicted octanol–water partition coefficient (Wildman–Crippen LogP) is 6.42. The smallest absolute Gasteiger partial charge is 0.408 e. The lowest BCUT2D eigenvalue weighted by Crippen LogP contribution is -2.47. The quantitative estimate of drug-likeness (QED) is 0.212. The molecule has 0 heterocycles. The number of carbonyl (C=O) groups is 3. The van der Waals surface area contributed by atoms with E-state index >= 15 is 0 Å². The van der Waals surface area contributed by atoms with Gasteiger partial charge in [-0.3, -0.25) is 4.79 Å². The molecule has 2 rings (SSSR count). The molecular formula is C27H35NO6S2. The molecule has 1 amide bonds. The van der Waals surface area contributed by atoms with Crippen molar-refractivity contribution in [3.05, 3.63) is 59.7 Å². The summed E-state index contributed by atoms with van der Waals surface area (Å²) in [6, 6.07) is 13.5. The Bertz CT molecular complexity index is 1050. The Morgan fingerprint density at radius 1 is 0.944 bits per heavy atom. The Labute approximate surface area is 221 Å². The molecule has 1 atom stereocenters. The summed E-state index contributed by atoms with van der Waals surface area (Å²) in [6.07, 6.45) is -1.26. The maximum Gasteiger partial charge on any atom is 0.408 e. The van der Waals surface area contributed by atoms with Gasteiger partial charge >= 0.3 is 18.0 Å². The lowest BCUT2D eigenvalue weighted by atomic mass is 9.98. The van der Waals surface area contributed by atoms with E-state index in [2.05, 4.69) is 5.32 Å². The van der Waals surface area contributed by atoms with Gasteiger partial charge in [-0.25, -0.2) is 9.59 Å². The van der Waals surface area contributed by atoms with E-state index < -0.39 is 41.7 Å². The summed E-state index contributed by atoms with van der Waals surface area (Å²) in [6.45, 7) is 12.5. The first-order valence-corrected chi connectivity index (χ1v) is 14.0. The Morgan fingerprint density at radius 2 is 1.61 bits per heavy atom. The highest BCUT2D eigenvalue weighted by Gasteiger charge is 2.34. The van der Waals surface area contributed by atoms with Gasteiger partial charge in [0.05, 0.1) is 11.3 Å². The number of hydrogen-bond acceptors (Lipinski definition) is 8. The topological polar surface area (TPSA) is 90.9 Å². The number of aryl methyl sites for hydroxylation is 1. The number of alkyl carbamates (subject to hydrolysis) is 1. The van der Waals surface area contributed by atoms with Crippen molar-refractivity contribution in [2.45, 2.75) is 77.0 Å². The summed E-state index contributed by atoms with van der Waals surface area (Å²) in [5.41, 5.74) is -0.221. The number of hydrogen-bond donors (Lipinski definition) is 1. The van der Waals surface area contributed by atoms with Crippen LogP contribution in [-0.4, -0.2) is 35.4 Å². The average molecular weight is 534 g/mol. The van der Waals surface area contributed by atoms with E-state index in [4.69, 9.17) is 14.2 Å². The number of ether oxygens (including phenoxy) is 3. The molecule has 0 aliphatic rings. The second-order valence-corrected chi connectivity index (χ2v) is 12.2. The van der Waals surface area contributed by atoms with Gasteiger partial charge in [0, 0.05) is 5.75 Å². The summed E-state index contributed by atoms with van der Waals surface area (Å²) < 4.78 is 16.7. The Hall–Kier alpha value is -2.65. The van der Waals surface area contributed by atoms with Gasteiger partial charge in [-0.1, -0.05) is 71.0 Å². The van der Waals surface area contributed by atoms with Gasteiger partial charge in [-0.2, -0.15) is 0 Å². The van der Waals surface area contributed by atoms with Gasteiger partial charge in [-0.05, 0) is 58.7 Å². The number of amides is 1. The molecule has 0 aliphatic carbocycles. The minimum absolute atomic E-state index is 0.428. The molecule has 1 N–H and O–H groups in total. The molecule has 9 heteroatoms. The SMILES string of the molecule is CCSSc1cccc(C)c1OC(=O)C[C@H](NC(=O)OC(C)(C)C)C(=O)OC(C)(C)c1ccccc1. The van der Waals surface area contributed by atoms with Crippen LogP contribution in [0.4, 0.5) is 4.79 Å². The summed E-state index contributed by atoms with van der Waals surface area (Å²) >= 11 is 0. The van der Waals surface area contributed by atoms with Crippen molar-refractivity contribution in [3.8, 4) is 5.75 Å². The molecule has 7 nitrogen and oxygen atoms in total. The van der Waals surface area contributed by atoms with Crippen LogP contribution in [0.1, 0.15) is 59.1 Å². The van der Waals surface area contributed by atoms with Crippen molar-refractivity contribution in [3.63, 3.8) is 0 Å². The fraction of sp³-hybridized carbons (Fsp3) is 0.444. The standard InChI is InChI=1S/C27H35NO6S2/c1-8-35-36-21-16-12-13-18(2)23(21)32-22(29)17-20(28-25(31)34-26(3,4)5)24(30)33-27(6,7)19-14-10-9-11-15-19/h9-16,20H,8,17H2,1-7H3,(H,28,31)/t20-/m0/s1. The van der Waals surface area contributed by atoms with Gasteiger partial charge in [0.25, 0.3) is 0 Å². The van der Waals surface area contributed by atoms with Crippen molar-refractivity contribution in [1.29, 1.82) is 0 Å². The van der Waals surface area contributed by atoms with E-state index in [1.54, 1.807) is 45.4 Å². The van der Waals surface area contributed by atoms with E-state index in [1.165, 1.54) is 10.8 Å². The maximum absolute atomic E-state index is 13.2. The Morgan fingerprint density at radius 3 is 2.22 bits per heavy atom. The van der Waals surface area contributed by atoms with E-state index in [1.807, 2.05) is 62.4 Å². The Kier molecular flexibility index (Phi) is 10.7. The number of rotatable bonds is 10. The largest absolute Gasteiger partial charge is 0.453 e. The van der Waals surface area contributed by atoms with Crippen molar-refractivity contribution in [1.82, 2.24) is 5.32 Å². The molecule has 0 unspecified atom stereocenters. The normalized spacial score (nSPS) is 12.4. The van der Waals surface area contributed by atoms with E-state index in [0.717, 1.165) is 21.8 Å². The van der Waals surface area contributed by atoms with Crippen molar-refractivity contribution >= 4 is 39.6 Å². The maximum atomic E-state index is 13.2. The van der Waals surface area contributed by atoms with E-state index in [9.17, 15) is 14.4 Å². The van der Waals surface area contributed by atoms with Gasteiger partial charge in [0.2, 0.25) is 0 Å². The zero-order valence-corrected chi connectivity index (χ0v) is 23.5. The molecular weight excluding hydrogens is 498 g/mol. The van der Waals surface area contributed by atoms with Crippen LogP contribution < -0.4 is 10.1 Å². The van der Waals surface area contributed by atoms with Crippen molar-refractivity contribution < 1.29 is 28.6 Å². The first-order valence-electron chi connectivity index (χ1n) is 11.7. The predicted molar refractivity (Wildman–Crippen MR) is 144 cm³/mol. The fourth-order valence-corrected chi connectivity index (χ4v) is 4.92. The molecule has 0 spiro atoms. The first kappa shape index (κ1) is 29.6. The third-order valence-electron chi connectivity index (χ3n) is 4.83. The van der Waals surface area contributed by atoms with Gasteiger partial charge in [-0.15, -0.1) is 0 Å². The third kappa shape index (κ3) is 9.43. The van der Waals surface area contributed by atoms with Crippen LogP contribution in [0, 0.1) is 6.92 Å². The zero-order chi connectivity index (χ0) is 26.9. The molecule has 0 bridgehead atoms. The second-order valence-electron chi connectivity index (χ2n) is 9.57. The minimum atomic E-state index is -1.31. The van der Waals surface area contributed by atoms with Crippen LogP contribution in [0.5, 0.6) is 5.75 Å². The van der Waals surface area contributed by atoms with Crippen LogP contribution in [-0.2, 0) is 24.7 Å². The molecule has 36 heavy (non-hydrogen) atoms. The molecule has 0 aliphatic heterocycles. The van der Waals surface area contributed by atoms with Crippen LogP contribution in [0.2, 0.25) is 0 Å². The molecule has 2 aromatic rings. The van der Waals surface area contributed by atoms with Gasteiger partial charge in [0.1, 0.15) is 23.0 Å². The van der Waals surface area contributed by atoms with Crippen molar-refractivity contribution in [2.75, 3.05) is 5.75 Å². The minimum Gasteiger partial charge on any atom is -0.453 e. The summed E-state index contributed by atoms with van der Waals surface area (Å²) in [5, 5.41) is 2.48. The van der Waals surface area contributed by atoms with Crippen LogP contribution in [0.3, 0.4) is 0 Å². The number of carbonyl (C=O) groups excluding carboxylic acids is 3. The molecule has 0 radical (unpaired) electrons. The third-order valence-corrected chi connectivity index (χ3v) is 7.28. The monoisotopic (exact) mass is 533 g/mol.